The molecule has 4 saturated heterocycles. The fraction of sp³-hybridized carbons (Fsp3) is 0.469. The first kappa shape index (κ1) is 30.6. The first-order valence-electron chi connectivity index (χ1n) is 15.1. The molecule has 2 bridgehead atoms. The quantitative estimate of drug-likeness (QED) is 0.417. The van der Waals surface area contributed by atoms with E-state index in [1.807, 2.05) is 26.8 Å². The molecule has 0 saturated carbocycles. The van der Waals surface area contributed by atoms with Crippen molar-refractivity contribution in [3.8, 4) is 22.8 Å². The number of para-hydroxylation sites is 1. The Balaban J connectivity index is 1.16. The number of nitrogens with two attached hydrogens (primary N) is 1. The molecule has 1 unspecified atom stereocenters. The lowest BCUT2D eigenvalue weighted by Gasteiger charge is -2.45. The molecule has 4 aliphatic heterocycles. The van der Waals surface area contributed by atoms with Crippen molar-refractivity contribution < 1.29 is 32.9 Å². The summed E-state index contributed by atoms with van der Waals surface area (Å²) in [5.74, 6) is -1.04. The summed E-state index contributed by atoms with van der Waals surface area (Å²) in [6, 6.07) is 10.4. The Hall–Kier alpha value is -4.39. The summed E-state index contributed by atoms with van der Waals surface area (Å²) in [6.45, 7) is 8.36. The van der Waals surface area contributed by atoms with Gasteiger partial charge in [0.1, 0.15) is 23.3 Å². The molecule has 11 nitrogen and oxygen atoms in total. The van der Waals surface area contributed by atoms with Gasteiger partial charge in [-0.1, -0.05) is 6.07 Å². The average Bonchev–Trinajstić information content (AvgIpc) is 3.32. The molecule has 7 rings (SSSR count). The van der Waals surface area contributed by atoms with Gasteiger partial charge in [-0.3, -0.25) is 0 Å². The summed E-state index contributed by atoms with van der Waals surface area (Å²) in [5.41, 5.74) is 7.50. The lowest BCUT2D eigenvalue weighted by atomic mass is 10.0. The molecule has 240 valence electrons. The summed E-state index contributed by atoms with van der Waals surface area (Å²) >= 11 is 0. The van der Waals surface area contributed by atoms with E-state index in [0.717, 1.165) is 0 Å². The zero-order valence-corrected chi connectivity index (χ0v) is 25.6. The van der Waals surface area contributed by atoms with E-state index in [1.165, 1.54) is 24.3 Å². The number of piperazine rings is 1. The second kappa shape index (κ2) is 12.2. The third-order valence-electron chi connectivity index (χ3n) is 8.27. The fourth-order valence-electron chi connectivity index (χ4n) is 6.12. The minimum absolute atomic E-state index is 0.144. The zero-order chi connectivity index (χ0) is 31.9. The number of halogens is 2. The zero-order valence-electron chi connectivity index (χ0n) is 25.6. The van der Waals surface area contributed by atoms with Crippen LogP contribution in [0.2, 0.25) is 0 Å². The molecule has 5 heterocycles. The van der Waals surface area contributed by atoms with E-state index in [4.69, 9.17) is 19.9 Å². The van der Waals surface area contributed by atoms with Crippen molar-refractivity contribution in [1.82, 2.24) is 15.1 Å². The van der Waals surface area contributed by atoms with Crippen LogP contribution >= 0.6 is 0 Å². The molecule has 13 heteroatoms. The number of hydrogen-bond donors (Lipinski definition) is 2. The minimum Gasteiger partial charge on any atom is -0.504 e. The number of piperidine rings is 1. The maximum atomic E-state index is 15.0. The Bertz CT molecular complexity index is 1560. The van der Waals surface area contributed by atoms with E-state index < -0.39 is 23.0 Å². The number of benzene rings is 2. The number of phenols is 1. The molecule has 0 aliphatic carbocycles. The average molecular weight is 625 g/mol. The third kappa shape index (κ3) is 6.68. The summed E-state index contributed by atoms with van der Waals surface area (Å²) < 4.78 is 46.7. The predicted octanol–water partition coefficient (Wildman–Crippen LogP) is 4.58. The SMILES string of the molecule is CC(C)(C)OC(=O)N1CCC(Oc2cc(F)cc(N3CC4COC[C@H]3CN4c3cc(-c4cccc(F)c4O)nnc3N)c2)CC1. The molecular formula is C32H38F2N6O5. The molecule has 0 radical (unpaired) electrons. The Kier molecular flexibility index (Phi) is 8.29. The number of anilines is 3. The van der Waals surface area contributed by atoms with Gasteiger partial charge in [-0.2, -0.15) is 0 Å². The van der Waals surface area contributed by atoms with Gasteiger partial charge >= 0.3 is 6.09 Å². The number of nitrogen functional groups attached to an aromatic ring is 1. The Morgan fingerprint density at radius 2 is 1.73 bits per heavy atom. The third-order valence-corrected chi connectivity index (χ3v) is 8.27. The highest BCUT2D eigenvalue weighted by Crippen LogP contribution is 2.37. The molecular weight excluding hydrogens is 586 g/mol. The van der Waals surface area contributed by atoms with Crippen LogP contribution < -0.4 is 20.3 Å². The molecule has 0 spiro atoms. The van der Waals surface area contributed by atoms with Gasteiger partial charge in [0.05, 0.1) is 36.7 Å². The van der Waals surface area contributed by atoms with Crippen LogP contribution in [-0.2, 0) is 9.47 Å². The smallest absolute Gasteiger partial charge is 0.410 e. The number of likely N-dealkylation sites (tertiary alicyclic amines) is 1. The van der Waals surface area contributed by atoms with Crippen molar-refractivity contribution in [2.75, 3.05) is 54.9 Å². The molecule has 3 aromatic rings. The van der Waals surface area contributed by atoms with Crippen LogP contribution in [0.4, 0.5) is 30.8 Å². The number of amides is 1. The van der Waals surface area contributed by atoms with Crippen LogP contribution in [0.15, 0.2) is 42.5 Å². The molecule has 3 N–H and O–H groups in total. The molecule has 4 aliphatic rings. The van der Waals surface area contributed by atoms with E-state index in [0.29, 0.717) is 69.4 Å². The number of rotatable bonds is 5. The second-order valence-electron chi connectivity index (χ2n) is 12.7. The van der Waals surface area contributed by atoms with Crippen LogP contribution in [0.3, 0.4) is 0 Å². The van der Waals surface area contributed by atoms with Gasteiger partial charge < -0.3 is 39.8 Å². The standard InChI is InChI=1S/C32H38F2N6O5/c1-32(2,3)45-31(42)38-9-7-23(8-10-38)44-24-12-19(33)11-20(13-24)39-15-22-18-43-17-21(39)16-40(22)28-14-27(36-37-30(28)35)25-5-4-6-26(34)29(25)41/h4-6,11-14,21-23,41H,7-10,15-18H2,1-3H3,(H2,35,37)/t21-,22?/m1/s1. The number of carbonyl (C=O) groups is 1. The molecule has 1 amide bonds. The van der Waals surface area contributed by atoms with E-state index in [1.54, 1.807) is 17.0 Å². The molecule has 4 fully saturated rings. The number of aromatic nitrogens is 2. The number of nitrogens with zero attached hydrogens (tertiary/aromatic N) is 5. The first-order chi connectivity index (χ1) is 21.4. The molecule has 2 atom stereocenters. The fourth-order valence-corrected chi connectivity index (χ4v) is 6.12. The summed E-state index contributed by atoms with van der Waals surface area (Å²) in [7, 11) is 0. The normalized spacial score (nSPS) is 20.7. The first-order valence-corrected chi connectivity index (χ1v) is 15.1. The van der Waals surface area contributed by atoms with Crippen molar-refractivity contribution >= 4 is 23.3 Å². The van der Waals surface area contributed by atoms with Crippen LogP contribution in [0.5, 0.6) is 11.5 Å². The van der Waals surface area contributed by atoms with Crippen LogP contribution in [0, 0.1) is 11.6 Å². The van der Waals surface area contributed by atoms with Gasteiger partial charge in [-0.05, 0) is 45.0 Å². The van der Waals surface area contributed by atoms with E-state index >= 15 is 0 Å². The highest BCUT2D eigenvalue weighted by Gasteiger charge is 2.39. The Morgan fingerprint density at radius 3 is 2.47 bits per heavy atom. The summed E-state index contributed by atoms with van der Waals surface area (Å²) in [6.07, 6.45) is 0.721. The molecule has 45 heavy (non-hydrogen) atoms. The van der Waals surface area contributed by atoms with Gasteiger partial charge in [0.2, 0.25) is 0 Å². The number of hydrogen-bond acceptors (Lipinski definition) is 10. The number of aromatic hydroxyl groups is 1. The van der Waals surface area contributed by atoms with Gasteiger partial charge in [0.15, 0.2) is 17.4 Å². The van der Waals surface area contributed by atoms with E-state index in [2.05, 4.69) is 20.0 Å². The van der Waals surface area contributed by atoms with Crippen molar-refractivity contribution in [2.24, 2.45) is 0 Å². The minimum atomic E-state index is -0.754. The predicted molar refractivity (Wildman–Crippen MR) is 164 cm³/mol. The van der Waals surface area contributed by atoms with E-state index in [-0.39, 0.29) is 41.4 Å². The maximum Gasteiger partial charge on any atom is 0.410 e. The Morgan fingerprint density at radius 1 is 1.02 bits per heavy atom. The van der Waals surface area contributed by atoms with Crippen molar-refractivity contribution in [2.45, 2.75) is 57.4 Å². The van der Waals surface area contributed by atoms with Crippen LogP contribution in [0.1, 0.15) is 33.6 Å². The number of phenolic OH excluding ortho intramolecular Hbond substituents is 1. The lowest BCUT2D eigenvalue weighted by molar-refractivity contribution is 0.0126. The van der Waals surface area contributed by atoms with Gasteiger partial charge in [0, 0.05) is 62.4 Å². The van der Waals surface area contributed by atoms with Crippen LogP contribution in [-0.4, -0.2) is 89.5 Å². The van der Waals surface area contributed by atoms with Crippen molar-refractivity contribution in [1.29, 1.82) is 0 Å². The van der Waals surface area contributed by atoms with Crippen molar-refractivity contribution in [3.63, 3.8) is 0 Å². The highest BCUT2D eigenvalue weighted by molar-refractivity contribution is 5.75. The Labute approximate surface area is 260 Å². The summed E-state index contributed by atoms with van der Waals surface area (Å²) in [5, 5.41) is 18.5. The largest absolute Gasteiger partial charge is 0.504 e. The number of ether oxygens (including phenoxy) is 3. The van der Waals surface area contributed by atoms with Gasteiger partial charge in [0.25, 0.3) is 0 Å². The molecule has 2 aromatic carbocycles. The highest BCUT2D eigenvalue weighted by atomic mass is 19.1. The summed E-state index contributed by atoms with van der Waals surface area (Å²) in [4.78, 5) is 18.3. The maximum absolute atomic E-state index is 15.0. The monoisotopic (exact) mass is 624 g/mol. The van der Waals surface area contributed by atoms with Gasteiger partial charge in [-0.25, -0.2) is 13.6 Å². The number of fused-ring (bicyclic) bond motifs is 4. The van der Waals surface area contributed by atoms with Gasteiger partial charge in [-0.15, -0.1) is 10.2 Å². The number of carbonyl (C=O) groups excluding carboxylic acids is 1. The van der Waals surface area contributed by atoms with Crippen molar-refractivity contribution in [3.05, 3.63) is 54.1 Å². The van der Waals surface area contributed by atoms with Crippen LogP contribution in [0.25, 0.3) is 11.3 Å². The second-order valence-corrected chi connectivity index (χ2v) is 12.7. The lowest BCUT2D eigenvalue weighted by Crippen LogP contribution is -2.58. The van der Waals surface area contributed by atoms with E-state index in [9.17, 15) is 18.7 Å². The molecule has 1 aromatic heterocycles. The topological polar surface area (TPSA) is 127 Å².